The van der Waals surface area contributed by atoms with Crippen molar-refractivity contribution >= 4 is 29.2 Å². The molecule has 2 heterocycles. The second kappa shape index (κ2) is 7.02. The summed E-state index contributed by atoms with van der Waals surface area (Å²) in [6.45, 7) is 2.50. The van der Waals surface area contributed by atoms with E-state index in [0.29, 0.717) is 5.56 Å². The summed E-state index contributed by atoms with van der Waals surface area (Å²) in [6, 6.07) is 4.18. The van der Waals surface area contributed by atoms with Gasteiger partial charge in [0.15, 0.2) is 6.10 Å². The van der Waals surface area contributed by atoms with Crippen molar-refractivity contribution in [3.63, 3.8) is 0 Å². The Labute approximate surface area is 157 Å². The first kappa shape index (κ1) is 19.5. The van der Waals surface area contributed by atoms with E-state index in [9.17, 15) is 27.6 Å². The van der Waals surface area contributed by atoms with Crippen LogP contribution in [-0.4, -0.2) is 30.4 Å². The van der Waals surface area contributed by atoms with Crippen molar-refractivity contribution in [3.8, 4) is 0 Å². The van der Waals surface area contributed by atoms with Crippen LogP contribution in [0.3, 0.4) is 0 Å². The topological polar surface area (TPSA) is 88.8 Å². The number of amides is 2. The quantitative estimate of drug-likeness (QED) is 0.806. The van der Waals surface area contributed by atoms with Crippen LogP contribution in [-0.2, 0) is 20.5 Å². The van der Waals surface area contributed by atoms with Gasteiger partial charge in [-0.3, -0.25) is 14.5 Å². The van der Waals surface area contributed by atoms with Crippen LogP contribution in [0.25, 0.3) is 0 Å². The summed E-state index contributed by atoms with van der Waals surface area (Å²) in [6.07, 6.45) is -4.60. The van der Waals surface area contributed by atoms with E-state index in [1.165, 1.54) is 13.2 Å². The molecule has 0 radical (unpaired) electrons. The Hall–Kier alpha value is -3.30. The summed E-state index contributed by atoms with van der Waals surface area (Å²) in [7, 11) is 0. The summed E-state index contributed by atoms with van der Waals surface area (Å²) in [5.41, 5.74) is -0.518. The molecule has 3 rings (SSSR count). The number of furan rings is 1. The molecule has 1 aromatic heterocycles. The normalized spacial score (nSPS) is 14.9. The molecule has 1 aromatic carbocycles. The molecular weight excluding hydrogens is 381 g/mol. The van der Waals surface area contributed by atoms with Gasteiger partial charge in [-0.1, -0.05) is 0 Å². The van der Waals surface area contributed by atoms with E-state index in [4.69, 9.17) is 9.15 Å². The molecule has 0 saturated heterocycles. The summed E-state index contributed by atoms with van der Waals surface area (Å²) in [5.74, 6) is -2.35. The third kappa shape index (κ3) is 3.71. The molecule has 2 amide bonds. The molecule has 28 heavy (non-hydrogen) atoms. The highest BCUT2D eigenvalue weighted by Crippen LogP contribution is 2.37. The Morgan fingerprint density at radius 1 is 1.29 bits per heavy atom. The second-order valence-corrected chi connectivity index (χ2v) is 6.18. The van der Waals surface area contributed by atoms with E-state index < -0.39 is 42.2 Å². The van der Waals surface area contributed by atoms with Gasteiger partial charge in [0.1, 0.15) is 6.54 Å². The smallest absolute Gasteiger partial charge is 0.416 e. The molecule has 1 atom stereocenters. The number of hydrogen-bond acceptors (Lipinski definition) is 5. The van der Waals surface area contributed by atoms with Gasteiger partial charge in [0.25, 0.3) is 5.91 Å². The van der Waals surface area contributed by atoms with Crippen LogP contribution in [0.4, 0.5) is 24.5 Å². The molecule has 0 spiro atoms. The maximum atomic E-state index is 12.9. The number of nitrogens with zero attached hydrogens (tertiary/aromatic N) is 1. The summed E-state index contributed by atoms with van der Waals surface area (Å²) < 4.78 is 48.8. The Balaban J connectivity index is 1.83. The van der Waals surface area contributed by atoms with Gasteiger partial charge in [0.2, 0.25) is 11.7 Å². The monoisotopic (exact) mass is 396 g/mol. The van der Waals surface area contributed by atoms with E-state index >= 15 is 0 Å². The number of nitrogens with one attached hydrogen (secondary N) is 1. The van der Waals surface area contributed by atoms with Crippen molar-refractivity contribution in [2.75, 3.05) is 16.8 Å². The zero-order valence-corrected chi connectivity index (χ0v) is 14.8. The zero-order valence-electron chi connectivity index (χ0n) is 14.8. The van der Waals surface area contributed by atoms with Crippen LogP contribution in [0, 0.1) is 6.92 Å². The number of hydrogen-bond donors (Lipinski definition) is 1. The predicted octanol–water partition coefficient (Wildman–Crippen LogP) is 3.14. The van der Waals surface area contributed by atoms with Crippen LogP contribution >= 0.6 is 0 Å². The standard InChI is InChI=1S/C18H15F3N2O5/c1-9-5-6-27-15(9)17(26)28-10(2)16(25)23-8-14(24)22-12-7-11(18(19,20)21)3-4-13(12)23/h3-7,10H,8H2,1-2H3,(H,22,24). The Morgan fingerprint density at radius 2 is 2.00 bits per heavy atom. The van der Waals surface area contributed by atoms with Crippen LogP contribution in [0.1, 0.15) is 28.6 Å². The first-order valence-corrected chi connectivity index (χ1v) is 8.15. The molecule has 1 N–H and O–H groups in total. The van der Waals surface area contributed by atoms with Gasteiger partial charge in [-0.25, -0.2) is 4.79 Å². The molecule has 1 aliphatic rings. The number of fused-ring (bicyclic) bond motifs is 1. The maximum absolute atomic E-state index is 12.9. The molecule has 10 heteroatoms. The first-order chi connectivity index (χ1) is 13.1. The molecule has 0 aliphatic carbocycles. The summed E-state index contributed by atoms with van der Waals surface area (Å²) >= 11 is 0. The third-order valence-electron chi connectivity index (χ3n) is 4.14. The van der Waals surface area contributed by atoms with Crippen molar-refractivity contribution in [2.24, 2.45) is 0 Å². The minimum atomic E-state index is -4.60. The molecule has 0 bridgehead atoms. The minimum Gasteiger partial charge on any atom is -0.457 e. The number of carbonyl (C=O) groups excluding carboxylic acids is 3. The number of anilines is 2. The van der Waals surface area contributed by atoms with Gasteiger partial charge < -0.3 is 14.5 Å². The van der Waals surface area contributed by atoms with Crippen LogP contribution < -0.4 is 10.2 Å². The van der Waals surface area contributed by atoms with Gasteiger partial charge in [-0.05, 0) is 38.1 Å². The number of ether oxygens (including phenoxy) is 1. The predicted molar refractivity (Wildman–Crippen MR) is 90.7 cm³/mol. The molecule has 1 unspecified atom stereocenters. The fourth-order valence-corrected chi connectivity index (χ4v) is 2.73. The largest absolute Gasteiger partial charge is 0.457 e. The SMILES string of the molecule is Cc1ccoc1C(=O)OC(C)C(=O)N1CC(=O)Nc2cc(C(F)(F)F)ccc21. The number of halogens is 3. The Bertz CT molecular complexity index is 951. The first-order valence-electron chi connectivity index (χ1n) is 8.15. The summed E-state index contributed by atoms with van der Waals surface area (Å²) in [5, 5.41) is 2.31. The number of alkyl halides is 3. The van der Waals surface area contributed by atoms with Crippen molar-refractivity contribution < 1.29 is 36.7 Å². The van der Waals surface area contributed by atoms with Crippen molar-refractivity contribution in [2.45, 2.75) is 26.1 Å². The highest BCUT2D eigenvalue weighted by molar-refractivity contribution is 6.11. The molecule has 7 nitrogen and oxygen atoms in total. The Kier molecular flexibility index (Phi) is 4.88. The molecule has 1 aliphatic heterocycles. The van der Waals surface area contributed by atoms with E-state index in [2.05, 4.69) is 5.32 Å². The molecule has 0 fully saturated rings. The fraction of sp³-hybridized carbons (Fsp3) is 0.278. The maximum Gasteiger partial charge on any atom is 0.416 e. The third-order valence-corrected chi connectivity index (χ3v) is 4.14. The average molecular weight is 396 g/mol. The van der Waals surface area contributed by atoms with E-state index in [1.54, 1.807) is 13.0 Å². The van der Waals surface area contributed by atoms with Gasteiger partial charge in [0, 0.05) is 5.56 Å². The molecular formula is C18H15F3N2O5. The summed E-state index contributed by atoms with van der Waals surface area (Å²) in [4.78, 5) is 37.6. The van der Waals surface area contributed by atoms with E-state index in [0.717, 1.165) is 23.1 Å². The van der Waals surface area contributed by atoms with Gasteiger partial charge in [0.05, 0.1) is 23.2 Å². The van der Waals surface area contributed by atoms with Gasteiger partial charge >= 0.3 is 12.1 Å². The lowest BCUT2D eigenvalue weighted by Gasteiger charge is -2.31. The average Bonchev–Trinajstić information content (AvgIpc) is 3.05. The van der Waals surface area contributed by atoms with Crippen LogP contribution in [0.5, 0.6) is 0 Å². The number of benzene rings is 1. The second-order valence-electron chi connectivity index (χ2n) is 6.18. The highest BCUT2D eigenvalue weighted by atomic mass is 19.4. The van der Waals surface area contributed by atoms with Crippen molar-refractivity contribution in [3.05, 3.63) is 47.4 Å². The van der Waals surface area contributed by atoms with Crippen LogP contribution in [0.15, 0.2) is 34.9 Å². The molecule has 2 aromatic rings. The van der Waals surface area contributed by atoms with E-state index in [-0.39, 0.29) is 17.1 Å². The van der Waals surface area contributed by atoms with Gasteiger partial charge in [-0.15, -0.1) is 0 Å². The van der Waals surface area contributed by atoms with Crippen molar-refractivity contribution in [1.82, 2.24) is 0 Å². The van der Waals surface area contributed by atoms with Crippen LogP contribution in [0.2, 0.25) is 0 Å². The van der Waals surface area contributed by atoms with Gasteiger partial charge in [-0.2, -0.15) is 13.2 Å². The zero-order chi connectivity index (χ0) is 20.6. The fourth-order valence-electron chi connectivity index (χ4n) is 2.73. The lowest BCUT2D eigenvalue weighted by Crippen LogP contribution is -2.47. The highest BCUT2D eigenvalue weighted by Gasteiger charge is 2.36. The number of carbonyl (C=O) groups is 3. The molecule has 148 valence electrons. The Morgan fingerprint density at radius 3 is 2.61 bits per heavy atom. The number of esters is 1. The lowest BCUT2D eigenvalue weighted by atomic mass is 10.1. The minimum absolute atomic E-state index is 0.0637. The number of rotatable bonds is 3. The van der Waals surface area contributed by atoms with Crippen molar-refractivity contribution in [1.29, 1.82) is 0 Å². The van der Waals surface area contributed by atoms with E-state index in [1.807, 2.05) is 0 Å². The number of aryl methyl sites for hydroxylation is 1. The molecule has 0 saturated carbocycles. The lowest BCUT2D eigenvalue weighted by molar-refractivity contribution is -0.137.